The van der Waals surface area contributed by atoms with Gasteiger partial charge in [0, 0.05) is 5.56 Å². The molecule has 1 atom stereocenters. The molecule has 0 aliphatic carbocycles. The molecular formula is C44H48ClNO9. The lowest BCUT2D eigenvalue weighted by Crippen LogP contribution is -2.31. The second-order valence-electron chi connectivity index (χ2n) is 13.0. The molecule has 0 saturated heterocycles. The normalized spacial score (nSPS) is 11.2. The Morgan fingerprint density at radius 3 is 1.67 bits per heavy atom. The molecule has 0 fully saturated rings. The summed E-state index contributed by atoms with van der Waals surface area (Å²) in [5, 5.41) is 1.49. The predicted molar refractivity (Wildman–Crippen MR) is 210 cm³/mol. The van der Waals surface area contributed by atoms with E-state index in [2.05, 4.69) is 12.2 Å². The molecule has 4 aromatic rings. The summed E-state index contributed by atoms with van der Waals surface area (Å²) in [5.74, 6) is -2.05. The maximum absolute atomic E-state index is 12.7. The van der Waals surface area contributed by atoms with Gasteiger partial charge in [-0.1, -0.05) is 95.0 Å². The van der Waals surface area contributed by atoms with Crippen LogP contribution in [0.5, 0.6) is 17.2 Å². The van der Waals surface area contributed by atoms with Crippen LogP contribution in [0, 0.1) is 0 Å². The van der Waals surface area contributed by atoms with Crippen LogP contribution in [0.2, 0.25) is 0 Å². The summed E-state index contributed by atoms with van der Waals surface area (Å²) < 4.78 is 21.5. The maximum atomic E-state index is 12.7. The van der Waals surface area contributed by atoms with E-state index in [1.165, 1.54) is 81.3 Å². The fourth-order valence-corrected chi connectivity index (χ4v) is 5.72. The fraction of sp³-hybridized carbons (Fsp3) is 0.341. The number of carbonyl (C=O) groups is 5. The number of hydrogen-bond acceptors (Lipinski definition) is 9. The molecule has 0 aliphatic rings. The van der Waals surface area contributed by atoms with Gasteiger partial charge in [0.25, 0.3) is 5.91 Å². The first-order valence-electron chi connectivity index (χ1n) is 18.8. The Morgan fingerprint density at radius 2 is 1.07 bits per heavy atom. The number of rotatable bonds is 22. The third-order valence-electron chi connectivity index (χ3n) is 8.60. The van der Waals surface area contributed by atoms with Crippen molar-refractivity contribution in [2.24, 2.45) is 0 Å². The van der Waals surface area contributed by atoms with Gasteiger partial charge in [0.1, 0.15) is 29.2 Å². The van der Waals surface area contributed by atoms with Crippen molar-refractivity contribution in [3.8, 4) is 17.2 Å². The number of nitrogens with one attached hydrogen (secondary N) is 1. The van der Waals surface area contributed by atoms with E-state index in [-0.39, 0.29) is 41.7 Å². The Kier molecular flexibility index (Phi) is 17.9. The quantitative estimate of drug-likeness (QED) is 0.0360. The second-order valence-corrected chi connectivity index (χ2v) is 13.5. The summed E-state index contributed by atoms with van der Waals surface area (Å²) in [6.07, 6.45) is 12.2. The largest absolute Gasteiger partial charge is 0.462 e. The van der Waals surface area contributed by atoms with Crippen molar-refractivity contribution < 1.29 is 42.9 Å². The molecule has 1 N–H and O–H groups in total. The first kappa shape index (κ1) is 42.3. The van der Waals surface area contributed by atoms with Crippen LogP contribution < -0.4 is 19.5 Å². The summed E-state index contributed by atoms with van der Waals surface area (Å²) >= 11 is 6.33. The second kappa shape index (κ2) is 23.3. The highest BCUT2D eigenvalue weighted by atomic mass is 35.5. The van der Waals surface area contributed by atoms with Crippen molar-refractivity contribution in [1.29, 1.82) is 0 Å². The van der Waals surface area contributed by atoms with Gasteiger partial charge in [-0.05, 0) is 91.2 Å². The number of hydrogen-bond donors (Lipinski definition) is 1. The number of carbonyl (C=O) groups excluding carboxylic acids is 5. The smallest absolute Gasteiger partial charge is 0.343 e. The third-order valence-corrected chi connectivity index (χ3v) is 8.93. The lowest BCUT2D eigenvalue weighted by molar-refractivity contribution is -0.134. The molecule has 4 aromatic carbocycles. The van der Waals surface area contributed by atoms with Crippen LogP contribution in [0.3, 0.4) is 0 Å². The molecule has 0 heterocycles. The van der Waals surface area contributed by atoms with Gasteiger partial charge < -0.3 is 24.3 Å². The van der Waals surface area contributed by atoms with Crippen LogP contribution in [-0.2, 0) is 20.7 Å². The number of unbranched alkanes of at least 4 members (excludes halogenated alkanes) is 9. The monoisotopic (exact) mass is 769 g/mol. The lowest BCUT2D eigenvalue weighted by Gasteiger charge is -2.11. The van der Waals surface area contributed by atoms with Crippen molar-refractivity contribution >= 4 is 41.4 Å². The molecular weight excluding hydrogens is 722 g/mol. The first-order chi connectivity index (χ1) is 26.7. The molecule has 1 amide bonds. The average molecular weight is 770 g/mol. The Labute approximate surface area is 327 Å². The Hall–Kier alpha value is -5.48. The topological polar surface area (TPSA) is 134 Å². The molecule has 0 radical (unpaired) electrons. The summed E-state index contributed by atoms with van der Waals surface area (Å²) in [6.45, 7) is 2.29. The van der Waals surface area contributed by atoms with E-state index in [0.717, 1.165) is 19.3 Å². The van der Waals surface area contributed by atoms with E-state index in [0.29, 0.717) is 23.3 Å². The zero-order chi connectivity index (χ0) is 39.3. The third kappa shape index (κ3) is 15.4. The number of ether oxygens (including phenoxy) is 4. The van der Waals surface area contributed by atoms with E-state index in [1.54, 1.807) is 66.7 Å². The number of benzene rings is 4. The van der Waals surface area contributed by atoms with Crippen molar-refractivity contribution in [2.45, 2.75) is 82.9 Å². The van der Waals surface area contributed by atoms with E-state index in [9.17, 15) is 24.0 Å². The minimum atomic E-state index is -1.02. The molecule has 1 unspecified atom stereocenters. The minimum absolute atomic E-state index is 0.141. The van der Waals surface area contributed by atoms with E-state index in [1.807, 2.05) is 0 Å². The first-order valence-corrected chi connectivity index (χ1v) is 19.2. The molecule has 0 spiro atoms. The van der Waals surface area contributed by atoms with Crippen molar-refractivity contribution in [1.82, 2.24) is 5.32 Å². The summed E-state index contributed by atoms with van der Waals surface area (Å²) in [5.41, 5.74) is 1.72. The molecule has 10 nitrogen and oxygen atoms in total. The minimum Gasteiger partial charge on any atom is -0.462 e. The molecule has 55 heavy (non-hydrogen) atoms. The van der Waals surface area contributed by atoms with Gasteiger partial charge in [-0.15, -0.1) is 11.6 Å². The van der Waals surface area contributed by atoms with Crippen LogP contribution in [0.4, 0.5) is 0 Å². The van der Waals surface area contributed by atoms with E-state index in [4.69, 9.17) is 30.5 Å². The number of halogens is 1. The molecule has 0 bridgehead atoms. The van der Waals surface area contributed by atoms with Gasteiger partial charge in [-0.3, -0.25) is 9.59 Å². The Balaban J connectivity index is 1.12. The van der Waals surface area contributed by atoms with Gasteiger partial charge in [-0.2, -0.15) is 0 Å². The molecule has 0 aromatic heterocycles. The van der Waals surface area contributed by atoms with Gasteiger partial charge in [0.2, 0.25) is 0 Å². The van der Waals surface area contributed by atoms with Crippen LogP contribution in [0.1, 0.15) is 108 Å². The number of alkyl halides is 1. The van der Waals surface area contributed by atoms with Crippen molar-refractivity contribution in [3.05, 3.63) is 125 Å². The van der Waals surface area contributed by atoms with Crippen LogP contribution in [-0.4, -0.2) is 48.3 Å². The zero-order valence-corrected chi connectivity index (χ0v) is 31.9. The van der Waals surface area contributed by atoms with Crippen LogP contribution >= 0.6 is 11.6 Å². The fourth-order valence-electron chi connectivity index (χ4n) is 5.50. The van der Waals surface area contributed by atoms with Gasteiger partial charge in [-0.25, -0.2) is 14.4 Å². The van der Waals surface area contributed by atoms with Crippen molar-refractivity contribution in [2.75, 3.05) is 13.2 Å². The predicted octanol–water partition coefficient (Wildman–Crippen LogP) is 9.07. The molecule has 290 valence electrons. The number of esters is 4. The summed E-state index contributed by atoms with van der Waals surface area (Å²) in [6, 6.07) is 26.9. The molecule has 0 aliphatic heterocycles. The van der Waals surface area contributed by atoms with Crippen molar-refractivity contribution in [3.63, 3.8) is 0 Å². The SMILES string of the molecule is CCCCCCCCCCCCOC(=O)c1ccc(OC(=O)c2ccc(OC(=O)C(Cl)Cc3ccc(OC(=O)CNC(=O)c4ccccc4)cc3)cc2)cc1. The lowest BCUT2D eigenvalue weighted by atomic mass is 10.1. The highest BCUT2D eigenvalue weighted by Crippen LogP contribution is 2.20. The highest BCUT2D eigenvalue weighted by molar-refractivity contribution is 6.30. The summed E-state index contributed by atoms with van der Waals surface area (Å²) in [4.78, 5) is 62.1. The van der Waals surface area contributed by atoms with E-state index < -0.39 is 29.3 Å². The van der Waals surface area contributed by atoms with Gasteiger partial charge >= 0.3 is 23.9 Å². The Morgan fingerprint density at radius 1 is 0.564 bits per heavy atom. The average Bonchev–Trinajstić information content (AvgIpc) is 3.20. The molecule has 0 saturated carbocycles. The Bertz CT molecular complexity index is 1810. The van der Waals surface area contributed by atoms with Gasteiger partial charge in [0.15, 0.2) is 0 Å². The zero-order valence-electron chi connectivity index (χ0n) is 31.1. The molecule has 4 rings (SSSR count). The van der Waals surface area contributed by atoms with E-state index >= 15 is 0 Å². The highest BCUT2D eigenvalue weighted by Gasteiger charge is 2.20. The van der Waals surface area contributed by atoms with Crippen LogP contribution in [0.15, 0.2) is 103 Å². The maximum Gasteiger partial charge on any atom is 0.343 e. The standard InChI is InChI=1S/C44H48ClNO9/c1-2-3-4-5-6-7-8-9-10-14-29-52-42(49)34-19-25-37(26-20-34)54-43(50)35-21-27-38(28-22-35)55-44(51)39(45)30-32-17-23-36(24-18-32)53-40(47)31-46-41(48)33-15-12-11-13-16-33/h11-13,15-28,39H,2-10,14,29-31H2,1H3,(H,46,48). The van der Waals surface area contributed by atoms with Crippen LogP contribution in [0.25, 0.3) is 0 Å². The molecule has 11 heteroatoms. The number of amides is 1. The summed E-state index contributed by atoms with van der Waals surface area (Å²) in [7, 11) is 0. The van der Waals surface area contributed by atoms with Gasteiger partial charge in [0.05, 0.1) is 17.7 Å².